The van der Waals surface area contributed by atoms with Crippen molar-refractivity contribution < 1.29 is 14.9 Å². The number of aliphatic hydroxyl groups excluding tert-OH is 1. The van der Waals surface area contributed by atoms with Gasteiger partial charge in [0.1, 0.15) is 17.1 Å². The van der Waals surface area contributed by atoms with Crippen LogP contribution in [-0.4, -0.2) is 15.8 Å². The van der Waals surface area contributed by atoms with Crippen molar-refractivity contribution in [1.82, 2.24) is 0 Å². The highest BCUT2D eigenvalue weighted by atomic mass is 79.9. The Labute approximate surface area is 132 Å². The van der Waals surface area contributed by atoms with Gasteiger partial charge in [-0.05, 0) is 43.7 Å². The molecular formula is C17H17BrO3. The van der Waals surface area contributed by atoms with Crippen LogP contribution >= 0.6 is 15.9 Å². The van der Waals surface area contributed by atoms with Crippen molar-refractivity contribution >= 4 is 15.9 Å². The number of halogens is 1. The lowest BCUT2D eigenvalue weighted by molar-refractivity contribution is -0.0155. The number of phenols is 1. The topological polar surface area (TPSA) is 49.7 Å². The highest BCUT2D eigenvalue weighted by molar-refractivity contribution is 9.10. The number of hydrogen-bond donors (Lipinski definition) is 2. The fourth-order valence-electron chi connectivity index (χ4n) is 3.02. The van der Waals surface area contributed by atoms with Crippen molar-refractivity contribution in [2.75, 3.05) is 0 Å². The quantitative estimate of drug-likeness (QED) is 0.813. The van der Waals surface area contributed by atoms with Crippen LogP contribution in [0.1, 0.15) is 37.0 Å². The van der Waals surface area contributed by atoms with Crippen molar-refractivity contribution in [3.05, 3.63) is 58.1 Å². The maximum absolute atomic E-state index is 10.8. The summed E-state index contributed by atoms with van der Waals surface area (Å²) in [4.78, 5) is 0. The van der Waals surface area contributed by atoms with Gasteiger partial charge in [-0.15, -0.1) is 0 Å². The molecule has 2 aromatic rings. The van der Waals surface area contributed by atoms with E-state index in [4.69, 9.17) is 4.74 Å². The monoisotopic (exact) mass is 348 g/mol. The van der Waals surface area contributed by atoms with E-state index < -0.39 is 11.7 Å². The predicted molar refractivity (Wildman–Crippen MR) is 84.7 cm³/mol. The zero-order valence-corrected chi connectivity index (χ0v) is 13.5. The first-order valence-corrected chi connectivity index (χ1v) is 7.63. The fourth-order valence-corrected chi connectivity index (χ4v) is 3.28. The Morgan fingerprint density at radius 2 is 1.76 bits per heavy atom. The second-order valence-electron chi connectivity index (χ2n) is 5.90. The maximum Gasteiger partial charge on any atom is 0.129 e. The smallest absolute Gasteiger partial charge is 0.129 e. The molecule has 21 heavy (non-hydrogen) atoms. The minimum Gasteiger partial charge on any atom is -0.508 e. The second-order valence-corrected chi connectivity index (χ2v) is 6.82. The van der Waals surface area contributed by atoms with Gasteiger partial charge in [0.05, 0.1) is 12.0 Å². The molecule has 0 aliphatic carbocycles. The van der Waals surface area contributed by atoms with Gasteiger partial charge >= 0.3 is 0 Å². The van der Waals surface area contributed by atoms with Crippen molar-refractivity contribution in [2.45, 2.75) is 31.5 Å². The summed E-state index contributed by atoms with van der Waals surface area (Å²) in [5.74, 6) is 0.502. The highest BCUT2D eigenvalue weighted by Gasteiger charge is 2.44. The zero-order chi connectivity index (χ0) is 15.2. The number of fused-ring (bicyclic) bond motifs is 1. The summed E-state index contributed by atoms with van der Waals surface area (Å²) in [5.41, 5.74) is 1.16. The van der Waals surface area contributed by atoms with Gasteiger partial charge in [-0.1, -0.05) is 28.1 Å². The molecule has 0 spiro atoms. The third-order valence-corrected chi connectivity index (χ3v) is 4.51. The summed E-state index contributed by atoms with van der Waals surface area (Å²) in [6.07, 6.45) is -0.675. The van der Waals surface area contributed by atoms with Gasteiger partial charge in [0.2, 0.25) is 0 Å². The lowest BCUT2D eigenvalue weighted by atomic mass is 9.76. The van der Waals surface area contributed by atoms with Gasteiger partial charge in [-0.3, -0.25) is 0 Å². The molecule has 4 heteroatoms. The minimum absolute atomic E-state index is 0.138. The first-order valence-electron chi connectivity index (χ1n) is 6.84. The molecule has 1 heterocycles. The Kier molecular flexibility index (Phi) is 3.46. The van der Waals surface area contributed by atoms with Crippen LogP contribution in [0.2, 0.25) is 0 Å². The molecule has 1 aliphatic rings. The van der Waals surface area contributed by atoms with Crippen LogP contribution in [0.25, 0.3) is 0 Å². The van der Waals surface area contributed by atoms with Crippen LogP contribution in [0.3, 0.4) is 0 Å². The van der Waals surface area contributed by atoms with Gasteiger partial charge in [-0.25, -0.2) is 0 Å². The van der Waals surface area contributed by atoms with E-state index in [0.717, 1.165) is 10.0 Å². The zero-order valence-electron chi connectivity index (χ0n) is 11.9. The van der Waals surface area contributed by atoms with E-state index in [9.17, 15) is 10.2 Å². The molecule has 2 aromatic carbocycles. The van der Waals surface area contributed by atoms with Crippen molar-refractivity contribution in [3.63, 3.8) is 0 Å². The lowest BCUT2D eigenvalue weighted by Gasteiger charge is -2.43. The molecular weight excluding hydrogens is 332 g/mol. The van der Waals surface area contributed by atoms with Gasteiger partial charge < -0.3 is 14.9 Å². The molecule has 0 amide bonds. The maximum atomic E-state index is 10.8. The predicted octanol–water partition coefficient (Wildman–Crippen LogP) is 4.14. The van der Waals surface area contributed by atoms with E-state index in [0.29, 0.717) is 11.3 Å². The summed E-state index contributed by atoms with van der Waals surface area (Å²) in [5, 5.41) is 20.4. The second kappa shape index (κ2) is 5.04. The summed E-state index contributed by atoms with van der Waals surface area (Å²) in [7, 11) is 0. The molecule has 0 saturated heterocycles. The molecule has 110 valence electrons. The molecule has 0 radical (unpaired) electrons. The van der Waals surface area contributed by atoms with Crippen LogP contribution in [-0.2, 0) is 0 Å². The van der Waals surface area contributed by atoms with E-state index in [-0.39, 0.29) is 11.7 Å². The van der Waals surface area contributed by atoms with E-state index in [2.05, 4.69) is 15.9 Å². The molecule has 0 fully saturated rings. The first kappa shape index (κ1) is 14.4. The summed E-state index contributed by atoms with van der Waals surface area (Å²) in [6, 6.07) is 12.8. The molecule has 2 unspecified atom stereocenters. The van der Waals surface area contributed by atoms with Gasteiger partial charge in [0.15, 0.2) is 0 Å². The van der Waals surface area contributed by atoms with Crippen molar-refractivity contribution in [3.8, 4) is 11.5 Å². The Balaban J connectivity index is 2.08. The van der Waals surface area contributed by atoms with Crippen LogP contribution in [0.15, 0.2) is 46.9 Å². The number of phenolic OH excluding ortho intramolecular Hbond substituents is 1. The highest BCUT2D eigenvalue weighted by Crippen LogP contribution is 2.49. The normalized spacial score (nSPS) is 23.2. The molecule has 0 aromatic heterocycles. The van der Waals surface area contributed by atoms with Crippen LogP contribution < -0.4 is 4.74 Å². The van der Waals surface area contributed by atoms with E-state index in [1.807, 2.05) is 38.1 Å². The molecule has 1 aliphatic heterocycles. The SMILES string of the molecule is CC1(C)Oc2cc(O)ccc2C(O)C1c1ccc(Br)cc1. The van der Waals surface area contributed by atoms with Crippen LogP contribution in [0, 0.1) is 0 Å². The van der Waals surface area contributed by atoms with Gasteiger partial charge in [-0.2, -0.15) is 0 Å². The van der Waals surface area contributed by atoms with Gasteiger partial charge in [0, 0.05) is 16.1 Å². The van der Waals surface area contributed by atoms with Crippen LogP contribution in [0.4, 0.5) is 0 Å². The Morgan fingerprint density at radius 3 is 2.43 bits per heavy atom. The van der Waals surface area contributed by atoms with Gasteiger partial charge in [0.25, 0.3) is 0 Å². The van der Waals surface area contributed by atoms with Crippen molar-refractivity contribution in [2.24, 2.45) is 0 Å². The fraction of sp³-hybridized carbons (Fsp3) is 0.294. The Bertz CT molecular complexity index is 664. The average molecular weight is 349 g/mol. The van der Waals surface area contributed by atoms with E-state index >= 15 is 0 Å². The number of aromatic hydroxyl groups is 1. The number of aliphatic hydroxyl groups is 1. The first-order chi connectivity index (χ1) is 9.88. The third kappa shape index (κ3) is 2.54. The lowest BCUT2D eigenvalue weighted by Crippen LogP contribution is -2.42. The molecule has 0 saturated carbocycles. The Hall–Kier alpha value is -1.52. The summed E-state index contributed by atoms with van der Waals surface area (Å²) < 4.78 is 7.04. The summed E-state index contributed by atoms with van der Waals surface area (Å²) in [6.45, 7) is 3.91. The average Bonchev–Trinajstić information content (AvgIpc) is 2.39. The molecule has 0 bridgehead atoms. The van der Waals surface area contributed by atoms with E-state index in [1.165, 1.54) is 0 Å². The minimum atomic E-state index is -0.675. The van der Waals surface area contributed by atoms with E-state index in [1.54, 1.807) is 18.2 Å². The van der Waals surface area contributed by atoms with Crippen molar-refractivity contribution in [1.29, 1.82) is 0 Å². The number of rotatable bonds is 1. The Morgan fingerprint density at radius 1 is 1.10 bits per heavy atom. The number of ether oxygens (including phenoxy) is 1. The number of benzene rings is 2. The standard InChI is InChI=1S/C17H17BrO3/c1-17(2)15(10-3-5-11(18)6-4-10)16(20)13-8-7-12(19)9-14(13)21-17/h3-9,15-16,19-20H,1-2H3. The largest absolute Gasteiger partial charge is 0.508 e. The third-order valence-electron chi connectivity index (χ3n) is 3.98. The molecule has 3 nitrogen and oxygen atoms in total. The number of hydrogen-bond acceptors (Lipinski definition) is 3. The molecule has 3 rings (SSSR count). The summed E-state index contributed by atoms with van der Waals surface area (Å²) >= 11 is 3.43. The van der Waals surface area contributed by atoms with Crippen LogP contribution in [0.5, 0.6) is 11.5 Å². The molecule has 2 atom stereocenters. The molecule has 2 N–H and O–H groups in total.